The molecular formula is C17H19F2N3. The Labute approximate surface area is 129 Å². The molecule has 3 rings (SSSR count). The molecule has 2 aromatic carbocycles. The maximum Gasteiger partial charge on any atom is 0.123 e. The van der Waals surface area contributed by atoms with Crippen LogP contribution in [0, 0.1) is 11.6 Å². The molecule has 1 heterocycles. The molecule has 2 aromatic rings. The number of hydrogen-bond donors (Lipinski definition) is 1. The molecule has 1 aliphatic rings. The first-order chi connectivity index (χ1) is 10.5. The predicted octanol–water partition coefficient (Wildman–Crippen LogP) is 3.66. The molecule has 0 spiro atoms. The predicted molar refractivity (Wildman–Crippen MR) is 83.0 cm³/mol. The number of benzene rings is 2. The molecule has 22 heavy (non-hydrogen) atoms. The second-order valence-electron chi connectivity index (χ2n) is 5.76. The van der Waals surface area contributed by atoms with Gasteiger partial charge in [-0.1, -0.05) is 12.1 Å². The van der Waals surface area contributed by atoms with E-state index in [1.54, 1.807) is 12.1 Å². The van der Waals surface area contributed by atoms with Crippen molar-refractivity contribution in [2.45, 2.75) is 25.9 Å². The average molecular weight is 303 g/mol. The maximum atomic E-state index is 13.1. The summed E-state index contributed by atoms with van der Waals surface area (Å²) in [4.78, 5) is 0. The highest BCUT2D eigenvalue weighted by Gasteiger charge is 2.33. The quantitative estimate of drug-likeness (QED) is 0.933. The van der Waals surface area contributed by atoms with Crippen molar-refractivity contribution < 1.29 is 8.78 Å². The van der Waals surface area contributed by atoms with Gasteiger partial charge in [0.2, 0.25) is 0 Å². The molecule has 5 heteroatoms. The molecule has 0 radical (unpaired) electrons. The largest absolute Gasteiger partial charge is 0.293 e. The minimum Gasteiger partial charge on any atom is -0.293 e. The Hall–Kier alpha value is -1.98. The molecule has 1 saturated heterocycles. The molecule has 1 aliphatic heterocycles. The molecule has 1 unspecified atom stereocenters. The van der Waals surface area contributed by atoms with Crippen LogP contribution in [0.5, 0.6) is 0 Å². The van der Waals surface area contributed by atoms with Crippen molar-refractivity contribution in [2.24, 2.45) is 0 Å². The van der Waals surface area contributed by atoms with E-state index in [9.17, 15) is 8.78 Å². The van der Waals surface area contributed by atoms with Crippen LogP contribution in [0.25, 0.3) is 0 Å². The van der Waals surface area contributed by atoms with Crippen LogP contribution in [0.15, 0.2) is 48.5 Å². The Morgan fingerprint density at radius 1 is 0.955 bits per heavy atom. The molecule has 1 fully saturated rings. The van der Waals surface area contributed by atoms with Crippen LogP contribution in [0.1, 0.15) is 25.5 Å². The van der Waals surface area contributed by atoms with Crippen LogP contribution in [0.4, 0.5) is 14.5 Å². The normalized spacial score (nSPS) is 19.1. The zero-order chi connectivity index (χ0) is 15.7. The Morgan fingerprint density at radius 2 is 1.50 bits per heavy atom. The molecule has 0 bridgehead atoms. The number of nitrogens with zero attached hydrogens (tertiary/aromatic N) is 2. The van der Waals surface area contributed by atoms with E-state index in [0.717, 1.165) is 11.3 Å². The van der Waals surface area contributed by atoms with Crippen molar-refractivity contribution in [1.29, 1.82) is 0 Å². The maximum absolute atomic E-state index is 13.1. The number of hydrogen-bond acceptors (Lipinski definition) is 3. The van der Waals surface area contributed by atoms with Crippen molar-refractivity contribution in [3.63, 3.8) is 0 Å². The lowest BCUT2D eigenvalue weighted by Gasteiger charge is -2.27. The lowest BCUT2D eigenvalue weighted by Crippen LogP contribution is -2.43. The van der Waals surface area contributed by atoms with Gasteiger partial charge in [0.25, 0.3) is 0 Å². The average Bonchev–Trinajstić information content (AvgIpc) is 2.94. The fraction of sp³-hybridized carbons (Fsp3) is 0.294. The number of halogens is 2. The summed E-state index contributed by atoms with van der Waals surface area (Å²) in [5.41, 5.74) is 5.29. The number of rotatable bonds is 3. The van der Waals surface area contributed by atoms with E-state index in [4.69, 9.17) is 0 Å². The summed E-state index contributed by atoms with van der Waals surface area (Å²) in [5, 5.41) is 4.10. The fourth-order valence-corrected chi connectivity index (χ4v) is 2.72. The zero-order valence-electron chi connectivity index (χ0n) is 12.6. The Balaban J connectivity index is 1.86. The van der Waals surface area contributed by atoms with Gasteiger partial charge in [-0.25, -0.2) is 13.8 Å². The van der Waals surface area contributed by atoms with E-state index < -0.39 is 0 Å². The fourth-order valence-electron chi connectivity index (χ4n) is 2.72. The van der Waals surface area contributed by atoms with Crippen molar-refractivity contribution >= 4 is 5.69 Å². The highest BCUT2D eigenvalue weighted by molar-refractivity contribution is 5.46. The molecular weight excluding hydrogens is 284 g/mol. The lowest BCUT2D eigenvalue weighted by atomic mass is 10.1. The van der Waals surface area contributed by atoms with Crippen LogP contribution >= 0.6 is 0 Å². The lowest BCUT2D eigenvalue weighted by molar-refractivity contribution is 0.141. The van der Waals surface area contributed by atoms with E-state index in [1.165, 1.54) is 24.3 Å². The summed E-state index contributed by atoms with van der Waals surface area (Å²) < 4.78 is 26.2. The van der Waals surface area contributed by atoms with Crippen LogP contribution in [0.2, 0.25) is 0 Å². The van der Waals surface area contributed by atoms with Gasteiger partial charge in [-0.3, -0.25) is 5.01 Å². The third-order valence-electron chi connectivity index (χ3n) is 3.88. The van der Waals surface area contributed by atoms with E-state index in [2.05, 4.69) is 24.4 Å². The van der Waals surface area contributed by atoms with Gasteiger partial charge in [0.05, 0.1) is 18.3 Å². The van der Waals surface area contributed by atoms with Gasteiger partial charge < -0.3 is 0 Å². The van der Waals surface area contributed by atoms with Gasteiger partial charge in [-0.15, -0.1) is 0 Å². The molecule has 0 amide bonds. The molecule has 1 N–H and O–H groups in total. The minimum atomic E-state index is -0.251. The minimum absolute atomic E-state index is 0.102. The van der Waals surface area contributed by atoms with E-state index >= 15 is 0 Å². The second-order valence-corrected chi connectivity index (χ2v) is 5.76. The molecule has 0 aliphatic carbocycles. The first kappa shape index (κ1) is 14.9. The van der Waals surface area contributed by atoms with Crippen LogP contribution in [0.3, 0.4) is 0 Å². The van der Waals surface area contributed by atoms with Gasteiger partial charge in [0, 0.05) is 6.04 Å². The topological polar surface area (TPSA) is 18.5 Å². The summed E-state index contributed by atoms with van der Waals surface area (Å²) >= 11 is 0. The smallest absolute Gasteiger partial charge is 0.123 e. The Bertz CT molecular complexity index is 625. The highest BCUT2D eigenvalue weighted by Crippen LogP contribution is 2.30. The molecule has 1 atom stereocenters. The van der Waals surface area contributed by atoms with Gasteiger partial charge in [-0.05, 0) is 55.8 Å². The number of nitrogens with one attached hydrogen (secondary N) is 1. The molecule has 116 valence electrons. The van der Waals surface area contributed by atoms with Crippen LogP contribution in [-0.2, 0) is 0 Å². The third-order valence-corrected chi connectivity index (χ3v) is 3.88. The summed E-state index contributed by atoms with van der Waals surface area (Å²) in [6.45, 7) is 4.89. The number of anilines is 1. The molecule has 0 saturated carbocycles. The van der Waals surface area contributed by atoms with E-state index in [1.807, 2.05) is 17.1 Å². The molecule has 3 nitrogen and oxygen atoms in total. The van der Waals surface area contributed by atoms with Crippen molar-refractivity contribution in [1.82, 2.24) is 10.5 Å². The number of hydrazine groups is 2. The van der Waals surface area contributed by atoms with Gasteiger partial charge in [-0.2, -0.15) is 5.53 Å². The summed E-state index contributed by atoms with van der Waals surface area (Å²) in [5.74, 6) is -0.486. The summed E-state index contributed by atoms with van der Waals surface area (Å²) in [6, 6.07) is 13.3. The highest BCUT2D eigenvalue weighted by atomic mass is 19.1. The monoisotopic (exact) mass is 303 g/mol. The van der Waals surface area contributed by atoms with Crippen molar-refractivity contribution in [3.8, 4) is 0 Å². The summed E-state index contributed by atoms with van der Waals surface area (Å²) in [7, 11) is 0. The van der Waals surface area contributed by atoms with Crippen LogP contribution < -0.4 is 10.5 Å². The van der Waals surface area contributed by atoms with Gasteiger partial charge in [0.15, 0.2) is 0 Å². The summed E-state index contributed by atoms with van der Waals surface area (Å²) in [6.07, 6.45) is 0. The first-order valence-corrected chi connectivity index (χ1v) is 7.38. The van der Waals surface area contributed by atoms with E-state index in [0.29, 0.717) is 6.54 Å². The van der Waals surface area contributed by atoms with Crippen molar-refractivity contribution in [2.75, 3.05) is 11.6 Å². The second kappa shape index (κ2) is 6.02. The van der Waals surface area contributed by atoms with Crippen molar-refractivity contribution in [3.05, 3.63) is 65.7 Å². The molecule has 0 aromatic heterocycles. The van der Waals surface area contributed by atoms with Crippen LogP contribution in [-0.4, -0.2) is 17.6 Å². The third kappa shape index (κ3) is 2.96. The SMILES string of the molecule is CC(C)N1NN(c2ccc(F)cc2)CC1c1ccc(F)cc1. The standard InChI is InChI=1S/C17H19F2N3/c1-12(2)22-17(13-3-5-14(18)6-4-13)11-21(20-22)16-9-7-15(19)8-10-16/h3-10,12,17,20H,11H2,1-2H3. The van der Waals surface area contributed by atoms with Gasteiger partial charge >= 0.3 is 0 Å². The first-order valence-electron chi connectivity index (χ1n) is 7.38. The Morgan fingerprint density at radius 3 is 2.05 bits per heavy atom. The Kier molecular flexibility index (Phi) is 4.09. The van der Waals surface area contributed by atoms with Gasteiger partial charge in [0.1, 0.15) is 11.6 Å². The van der Waals surface area contributed by atoms with E-state index in [-0.39, 0.29) is 23.7 Å². The zero-order valence-corrected chi connectivity index (χ0v) is 12.6.